The molecule has 0 saturated carbocycles. The molecule has 4 heteroatoms. The highest BCUT2D eigenvalue weighted by atomic mass is 16.5. The van der Waals surface area contributed by atoms with Gasteiger partial charge in [0, 0.05) is 19.1 Å². The Labute approximate surface area is 114 Å². The van der Waals surface area contributed by atoms with E-state index >= 15 is 0 Å². The summed E-state index contributed by atoms with van der Waals surface area (Å²) in [5, 5.41) is 8.74. The highest BCUT2D eigenvalue weighted by Gasteiger charge is 2.32. The minimum Gasteiger partial charge on any atom is -0.494 e. The van der Waals surface area contributed by atoms with Crippen molar-refractivity contribution in [2.24, 2.45) is 5.92 Å². The average molecular weight is 263 g/mol. The molecule has 1 aliphatic rings. The second kappa shape index (κ2) is 6.06. The first-order valence-corrected chi connectivity index (χ1v) is 6.78. The first-order chi connectivity index (χ1) is 9.10. The van der Waals surface area contributed by atoms with E-state index in [4.69, 9.17) is 9.84 Å². The molecule has 0 radical (unpaired) electrons. The Morgan fingerprint density at radius 1 is 1.42 bits per heavy atom. The van der Waals surface area contributed by atoms with Crippen molar-refractivity contribution in [1.29, 1.82) is 0 Å². The first-order valence-electron chi connectivity index (χ1n) is 6.78. The number of hydrogen-bond acceptors (Lipinski definition) is 3. The highest BCUT2D eigenvalue weighted by Crippen LogP contribution is 2.30. The lowest BCUT2D eigenvalue weighted by molar-refractivity contribution is -0.139. The van der Waals surface area contributed by atoms with Crippen LogP contribution in [0.1, 0.15) is 31.9 Å². The van der Waals surface area contributed by atoms with E-state index in [0.717, 1.165) is 18.8 Å². The van der Waals surface area contributed by atoms with E-state index in [1.54, 1.807) is 0 Å². The standard InChI is InChI=1S/C15H21NO3/c1-3-19-14-6-4-13(5-7-14)11(2)16-9-12(10-16)8-15(17)18/h4-7,11-12H,3,8-10H2,1-2H3,(H,17,18). The van der Waals surface area contributed by atoms with Crippen molar-refractivity contribution in [2.75, 3.05) is 19.7 Å². The molecule has 1 saturated heterocycles. The molecule has 0 aliphatic carbocycles. The SMILES string of the molecule is CCOc1ccc(C(C)N2CC(CC(=O)O)C2)cc1. The molecule has 1 aromatic carbocycles. The smallest absolute Gasteiger partial charge is 0.303 e. The van der Waals surface area contributed by atoms with Crippen molar-refractivity contribution >= 4 is 5.97 Å². The van der Waals surface area contributed by atoms with Gasteiger partial charge in [0.2, 0.25) is 0 Å². The number of carboxylic acids is 1. The van der Waals surface area contributed by atoms with Gasteiger partial charge in [0.1, 0.15) is 5.75 Å². The van der Waals surface area contributed by atoms with Gasteiger partial charge in [-0.05, 0) is 37.5 Å². The lowest BCUT2D eigenvalue weighted by Gasteiger charge is -2.42. The van der Waals surface area contributed by atoms with Gasteiger partial charge >= 0.3 is 5.97 Å². The molecule has 0 bridgehead atoms. The summed E-state index contributed by atoms with van der Waals surface area (Å²) in [5.74, 6) is 0.506. The van der Waals surface area contributed by atoms with Gasteiger partial charge in [-0.2, -0.15) is 0 Å². The summed E-state index contributed by atoms with van der Waals surface area (Å²) in [7, 11) is 0. The summed E-state index contributed by atoms with van der Waals surface area (Å²) in [5.41, 5.74) is 1.25. The van der Waals surface area contributed by atoms with Gasteiger partial charge in [-0.3, -0.25) is 9.69 Å². The number of ether oxygens (including phenoxy) is 1. The summed E-state index contributed by atoms with van der Waals surface area (Å²) < 4.78 is 5.42. The van der Waals surface area contributed by atoms with Gasteiger partial charge in [0.05, 0.1) is 13.0 Å². The number of carboxylic acid groups (broad SMARTS) is 1. The van der Waals surface area contributed by atoms with Crippen LogP contribution >= 0.6 is 0 Å². The van der Waals surface area contributed by atoms with Crippen molar-refractivity contribution in [3.8, 4) is 5.75 Å². The zero-order chi connectivity index (χ0) is 13.8. The monoisotopic (exact) mass is 263 g/mol. The topological polar surface area (TPSA) is 49.8 Å². The largest absolute Gasteiger partial charge is 0.494 e. The zero-order valence-corrected chi connectivity index (χ0v) is 11.5. The molecule has 1 atom stereocenters. The maximum Gasteiger partial charge on any atom is 0.303 e. The van der Waals surface area contributed by atoms with E-state index in [9.17, 15) is 4.79 Å². The van der Waals surface area contributed by atoms with Crippen LogP contribution in [0.15, 0.2) is 24.3 Å². The molecule has 19 heavy (non-hydrogen) atoms. The van der Waals surface area contributed by atoms with Gasteiger partial charge in [-0.15, -0.1) is 0 Å². The number of aliphatic carboxylic acids is 1. The van der Waals surface area contributed by atoms with E-state index < -0.39 is 5.97 Å². The number of hydrogen-bond donors (Lipinski definition) is 1. The number of benzene rings is 1. The minimum absolute atomic E-state index is 0.284. The molecule has 1 fully saturated rings. The molecule has 1 aromatic rings. The van der Waals surface area contributed by atoms with E-state index in [-0.39, 0.29) is 6.42 Å². The van der Waals surface area contributed by atoms with E-state index in [2.05, 4.69) is 24.0 Å². The van der Waals surface area contributed by atoms with Gasteiger partial charge in [-0.25, -0.2) is 0 Å². The van der Waals surface area contributed by atoms with Crippen LogP contribution in [-0.4, -0.2) is 35.7 Å². The van der Waals surface area contributed by atoms with Crippen molar-refractivity contribution < 1.29 is 14.6 Å². The van der Waals surface area contributed by atoms with Crippen LogP contribution in [0.3, 0.4) is 0 Å². The quantitative estimate of drug-likeness (QED) is 0.857. The third-order valence-electron chi connectivity index (χ3n) is 3.67. The highest BCUT2D eigenvalue weighted by molar-refractivity contribution is 5.67. The van der Waals surface area contributed by atoms with Crippen LogP contribution in [0, 0.1) is 5.92 Å². The minimum atomic E-state index is -0.696. The zero-order valence-electron chi connectivity index (χ0n) is 11.5. The fourth-order valence-electron chi connectivity index (χ4n) is 2.52. The predicted octanol–water partition coefficient (Wildman–Crippen LogP) is 2.55. The number of rotatable bonds is 6. The van der Waals surface area contributed by atoms with Crippen LogP contribution in [0.5, 0.6) is 5.75 Å². The summed E-state index contributed by atoms with van der Waals surface area (Å²) in [6.45, 7) is 6.56. The molecule has 1 heterocycles. The Morgan fingerprint density at radius 3 is 2.58 bits per heavy atom. The van der Waals surface area contributed by atoms with Crippen LogP contribution in [0.25, 0.3) is 0 Å². The number of likely N-dealkylation sites (tertiary alicyclic amines) is 1. The van der Waals surface area contributed by atoms with E-state index in [1.807, 2.05) is 19.1 Å². The first kappa shape index (κ1) is 13.9. The summed E-state index contributed by atoms with van der Waals surface area (Å²) in [6, 6.07) is 8.48. The Kier molecular flexibility index (Phi) is 4.43. The molecule has 2 rings (SSSR count). The van der Waals surface area contributed by atoms with Crippen LogP contribution < -0.4 is 4.74 Å². The maximum atomic E-state index is 10.6. The Hall–Kier alpha value is -1.55. The van der Waals surface area contributed by atoms with Gasteiger partial charge in [0.25, 0.3) is 0 Å². The molecule has 1 unspecified atom stereocenters. The van der Waals surface area contributed by atoms with E-state index in [0.29, 0.717) is 18.6 Å². The second-order valence-electron chi connectivity index (χ2n) is 5.10. The Bertz CT molecular complexity index is 424. The fourth-order valence-corrected chi connectivity index (χ4v) is 2.52. The normalized spacial score (nSPS) is 17.8. The van der Waals surface area contributed by atoms with Gasteiger partial charge in [-0.1, -0.05) is 12.1 Å². The number of carbonyl (C=O) groups is 1. The van der Waals surface area contributed by atoms with Gasteiger partial charge < -0.3 is 9.84 Å². The van der Waals surface area contributed by atoms with E-state index in [1.165, 1.54) is 5.56 Å². The fraction of sp³-hybridized carbons (Fsp3) is 0.533. The molecule has 104 valence electrons. The molecule has 0 amide bonds. The molecule has 0 aromatic heterocycles. The molecular formula is C15H21NO3. The molecule has 1 aliphatic heterocycles. The van der Waals surface area contributed by atoms with Crippen molar-refractivity contribution in [1.82, 2.24) is 4.90 Å². The third kappa shape index (κ3) is 3.47. The van der Waals surface area contributed by atoms with Crippen molar-refractivity contribution in [2.45, 2.75) is 26.3 Å². The molecule has 4 nitrogen and oxygen atoms in total. The maximum absolute atomic E-state index is 10.6. The van der Waals surface area contributed by atoms with Crippen LogP contribution in [0.4, 0.5) is 0 Å². The molecular weight excluding hydrogens is 242 g/mol. The average Bonchev–Trinajstić information content (AvgIpc) is 2.33. The van der Waals surface area contributed by atoms with Crippen LogP contribution in [0.2, 0.25) is 0 Å². The number of nitrogens with zero attached hydrogens (tertiary/aromatic N) is 1. The lowest BCUT2D eigenvalue weighted by atomic mass is 9.92. The van der Waals surface area contributed by atoms with Gasteiger partial charge in [0.15, 0.2) is 0 Å². The summed E-state index contributed by atoms with van der Waals surface area (Å²) in [6.07, 6.45) is 0.284. The third-order valence-corrected chi connectivity index (χ3v) is 3.67. The second-order valence-corrected chi connectivity index (χ2v) is 5.10. The summed E-state index contributed by atoms with van der Waals surface area (Å²) in [4.78, 5) is 12.9. The molecule has 1 N–H and O–H groups in total. The molecule has 0 spiro atoms. The van der Waals surface area contributed by atoms with Crippen molar-refractivity contribution in [3.63, 3.8) is 0 Å². The van der Waals surface area contributed by atoms with Crippen LogP contribution in [-0.2, 0) is 4.79 Å². The lowest BCUT2D eigenvalue weighted by Crippen LogP contribution is -2.48. The predicted molar refractivity (Wildman–Crippen MR) is 73.3 cm³/mol. The Morgan fingerprint density at radius 2 is 2.05 bits per heavy atom. The van der Waals surface area contributed by atoms with Crippen molar-refractivity contribution in [3.05, 3.63) is 29.8 Å². The Balaban J connectivity index is 1.87. The summed E-state index contributed by atoms with van der Waals surface area (Å²) >= 11 is 0.